The van der Waals surface area contributed by atoms with Crippen LogP contribution in [0.15, 0.2) is 10.9 Å². The van der Waals surface area contributed by atoms with E-state index in [-0.39, 0.29) is 18.4 Å². The summed E-state index contributed by atoms with van der Waals surface area (Å²) in [5, 5.41) is 6.23. The van der Waals surface area contributed by atoms with Crippen molar-refractivity contribution in [2.75, 3.05) is 13.1 Å². The molecule has 0 saturated carbocycles. The van der Waals surface area contributed by atoms with Crippen molar-refractivity contribution in [3.63, 3.8) is 0 Å². The fourth-order valence-electron chi connectivity index (χ4n) is 1.95. The highest BCUT2D eigenvalue weighted by molar-refractivity contribution is 5.97. The van der Waals surface area contributed by atoms with Gasteiger partial charge in [0.1, 0.15) is 5.54 Å². The number of nitrogens with zero attached hydrogens (tertiary/aromatic N) is 3. The highest BCUT2D eigenvalue weighted by Gasteiger charge is 2.41. The molecule has 18 heavy (non-hydrogen) atoms. The van der Waals surface area contributed by atoms with Crippen molar-refractivity contribution < 1.29 is 14.1 Å². The SMILES string of the molecule is CCC1(C)NC(=O)CN(CCc2ncno2)C1=O. The number of hydrogen-bond acceptors (Lipinski definition) is 5. The maximum atomic E-state index is 12.2. The van der Waals surface area contributed by atoms with Crippen molar-refractivity contribution in [3.05, 3.63) is 12.2 Å². The van der Waals surface area contributed by atoms with Crippen LogP contribution < -0.4 is 5.32 Å². The van der Waals surface area contributed by atoms with E-state index in [9.17, 15) is 9.59 Å². The minimum absolute atomic E-state index is 0.0656. The first-order valence-electron chi connectivity index (χ1n) is 5.91. The third kappa shape index (κ3) is 2.34. The lowest BCUT2D eigenvalue weighted by atomic mass is 9.94. The van der Waals surface area contributed by atoms with Gasteiger partial charge in [0.2, 0.25) is 17.7 Å². The van der Waals surface area contributed by atoms with E-state index in [1.165, 1.54) is 11.2 Å². The highest BCUT2D eigenvalue weighted by Crippen LogP contribution is 2.17. The molecular formula is C11H16N4O3. The zero-order valence-electron chi connectivity index (χ0n) is 10.5. The van der Waals surface area contributed by atoms with Crippen LogP contribution in [0.25, 0.3) is 0 Å². The molecule has 1 saturated heterocycles. The Hall–Kier alpha value is -1.92. The van der Waals surface area contributed by atoms with Crippen molar-refractivity contribution in [1.29, 1.82) is 0 Å². The van der Waals surface area contributed by atoms with E-state index in [0.717, 1.165) is 0 Å². The fourth-order valence-corrected chi connectivity index (χ4v) is 1.95. The summed E-state index contributed by atoms with van der Waals surface area (Å²) in [4.78, 5) is 29.2. The molecule has 2 amide bonds. The second-order valence-electron chi connectivity index (χ2n) is 4.55. The molecule has 1 aromatic heterocycles. The lowest BCUT2D eigenvalue weighted by Gasteiger charge is -2.39. The van der Waals surface area contributed by atoms with E-state index in [0.29, 0.717) is 25.3 Å². The number of hydrogen-bond donors (Lipinski definition) is 1. The minimum atomic E-state index is -0.801. The second kappa shape index (κ2) is 4.75. The first-order chi connectivity index (χ1) is 8.55. The number of carbonyl (C=O) groups excluding carboxylic acids is 2. The number of nitrogens with one attached hydrogen (secondary N) is 1. The zero-order valence-corrected chi connectivity index (χ0v) is 10.5. The average Bonchev–Trinajstić information content (AvgIpc) is 2.85. The summed E-state index contributed by atoms with van der Waals surface area (Å²) in [7, 11) is 0. The first-order valence-corrected chi connectivity index (χ1v) is 5.91. The van der Waals surface area contributed by atoms with E-state index >= 15 is 0 Å². The van der Waals surface area contributed by atoms with Gasteiger partial charge >= 0.3 is 0 Å². The quantitative estimate of drug-likeness (QED) is 0.797. The molecule has 1 aliphatic heterocycles. The summed E-state index contributed by atoms with van der Waals surface area (Å²) in [5.41, 5.74) is -0.801. The van der Waals surface area contributed by atoms with Crippen LogP contribution in [0.5, 0.6) is 0 Å². The van der Waals surface area contributed by atoms with Crippen molar-refractivity contribution >= 4 is 11.8 Å². The Kier molecular flexibility index (Phi) is 3.31. The standard InChI is InChI=1S/C11H16N4O3/c1-3-11(2)10(17)15(6-8(16)14-11)5-4-9-12-7-13-18-9/h7H,3-6H2,1-2H3,(H,14,16). The maximum absolute atomic E-state index is 12.2. The predicted molar refractivity (Wildman–Crippen MR) is 61.4 cm³/mol. The second-order valence-corrected chi connectivity index (χ2v) is 4.55. The van der Waals surface area contributed by atoms with Gasteiger partial charge in [-0.2, -0.15) is 4.98 Å². The molecule has 0 aliphatic carbocycles. The Morgan fingerprint density at radius 1 is 1.56 bits per heavy atom. The van der Waals surface area contributed by atoms with E-state index in [1.807, 2.05) is 6.92 Å². The van der Waals surface area contributed by atoms with Crippen molar-refractivity contribution in [3.8, 4) is 0 Å². The number of amides is 2. The van der Waals surface area contributed by atoms with Gasteiger partial charge in [-0.3, -0.25) is 9.59 Å². The molecule has 1 unspecified atom stereocenters. The number of piperazine rings is 1. The molecule has 0 bridgehead atoms. The summed E-state index contributed by atoms with van der Waals surface area (Å²) >= 11 is 0. The number of aromatic nitrogens is 2. The normalized spacial score (nSPS) is 24.2. The molecular weight excluding hydrogens is 236 g/mol. The molecule has 7 nitrogen and oxygen atoms in total. The van der Waals surface area contributed by atoms with Gasteiger partial charge < -0.3 is 14.7 Å². The van der Waals surface area contributed by atoms with Crippen molar-refractivity contribution in [2.45, 2.75) is 32.2 Å². The summed E-state index contributed by atoms with van der Waals surface area (Å²) < 4.78 is 4.87. The van der Waals surface area contributed by atoms with Gasteiger partial charge in [0.15, 0.2) is 6.33 Å². The van der Waals surface area contributed by atoms with E-state index in [4.69, 9.17) is 4.52 Å². The topological polar surface area (TPSA) is 88.3 Å². The molecule has 2 heterocycles. The van der Waals surface area contributed by atoms with Crippen LogP contribution in [0.4, 0.5) is 0 Å². The largest absolute Gasteiger partial charge is 0.340 e. The van der Waals surface area contributed by atoms with Gasteiger partial charge in [0.05, 0.1) is 6.54 Å². The summed E-state index contributed by atoms with van der Waals surface area (Å²) in [6.45, 7) is 4.11. The van der Waals surface area contributed by atoms with Crippen LogP contribution in [0.2, 0.25) is 0 Å². The molecule has 1 atom stereocenters. The van der Waals surface area contributed by atoms with Crippen LogP contribution in [0, 0.1) is 0 Å². The van der Waals surface area contributed by atoms with E-state index in [2.05, 4.69) is 15.5 Å². The Morgan fingerprint density at radius 3 is 2.94 bits per heavy atom. The monoisotopic (exact) mass is 252 g/mol. The van der Waals surface area contributed by atoms with Gasteiger partial charge in [0, 0.05) is 13.0 Å². The average molecular weight is 252 g/mol. The third-order valence-electron chi connectivity index (χ3n) is 3.22. The van der Waals surface area contributed by atoms with E-state index in [1.54, 1.807) is 6.92 Å². The van der Waals surface area contributed by atoms with Crippen molar-refractivity contribution in [1.82, 2.24) is 20.4 Å². The molecule has 98 valence electrons. The van der Waals surface area contributed by atoms with Gasteiger partial charge in [-0.25, -0.2) is 0 Å². The predicted octanol–water partition coefficient (Wildman–Crippen LogP) is -0.261. The molecule has 1 aliphatic rings. The molecule has 2 rings (SSSR count). The lowest BCUT2D eigenvalue weighted by molar-refractivity contribution is -0.149. The Morgan fingerprint density at radius 2 is 2.33 bits per heavy atom. The van der Waals surface area contributed by atoms with Gasteiger partial charge in [-0.1, -0.05) is 12.1 Å². The van der Waals surface area contributed by atoms with E-state index < -0.39 is 5.54 Å². The van der Waals surface area contributed by atoms with Crippen LogP contribution in [-0.4, -0.2) is 45.5 Å². The number of carbonyl (C=O) groups is 2. The number of rotatable bonds is 4. The molecule has 1 N–H and O–H groups in total. The van der Waals surface area contributed by atoms with Crippen LogP contribution >= 0.6 is 0 Å². The van der Waals surface area contributed by atoms with Crippen LogP contribution in [0.3, 0.4) is 0 Å². The van der Waals surface area contributed by atoms with Gasteiger partial charge in [-0.05, 0) is 13.3 Å². The minimum Gasteiger partial charge on any atom is -0.340 e. The molecule has 1 aromatic rings. The highest BCUT2D eigenvalue weighted by atomic mass is 16.5. The summed E-state index contributed by atoms with van der Waals surface area (Å²) in [5.74, 6) is 0.264. The van der Waals surface area contributed by atoms with Crippen molar-refractivity contribution in [2.24, 2.45) is 0 Å². The zero-order chi connectivity index (χ0) is 13.2. The van der Waals surface area contributed by atoms with Gasteiger partial charge in [-0.15, -0.1) is 0 Å². The fraction of sp³-hybridized carbons (Fsp3) is 0.636. The lowest BCUT2D eigenvalue weighted by Crippen LogP contribution is -2.65. The third-order valence-corrected chi connectivity index (χ3v) is 3.22. The summed E-state index contributed by atoms with van der Waals surface area (Å²) in [6.07, 6.45) is 2.34. The van der Waals surface area contributed by atoms with Crippen LogP contribution in [0.1, 0.15) is 26.2 Å². The molecule has 0 aromatic carbocycles. The van der Waals surface area contributed by atoms with Crippen LogP contribution in [-0.2, 0) is 16.0 Å². The smallest absolute Gasteiger partial charge is 0.248 e. The van der Waals surface area contributed by atoms with Gasteiger partial charge in [0.25, 0.3) is 0 Å². The Balaban J connectivity index is 2.03. The molecule has 7 heteroatoms. The molecule has 1 fully saturated rings. The Bertz CT molecular complexity index is 445. The summed E-state index contributed by atoms with van der Waals surface area (Å²) in [6, 6.07) is 0. The molecule has 0 spiro atoms. The maximum Gasteiger partial charge on any atom is 0.248 e. The first kappa shape index (κ1) is 12.5. The Labute approximate surface area is 105 Å². The molecule has 0 radical (unpaired) electrons.